The van der Waals surface area contributed by atoms with Crippen LogP contribution in [0.15, 0.2) is 36.4 Å². The first-order valence-electron chi connectivity index (χ1n) is 5.83. The van der Waals surface area contributed by atoms with Gasteiger partial charge in [-0.15, -0.1) is 11.3 Å². The second kappa shape index (κ2) is 6.09. The molecule has 0 aliphatic heterocycles. The molecule has 0 radical (unpaired) electrons. The summed E-state index contributed by atoms with van der Waals surface area (Å²) in [6, 6.07) is 10.8. The van der Waals surface area contributed by atoms with E-state index in [0.717, 1.165) is 11.4 Å². The summed E-state index contributed by atoms with van der Waals surface area (Å²) in [7, 11) is 1.96. The molecule has 1 aromatic heterocycles. The van der Waals surface area contributed by atoms with Crippen molar-refractivity contribution in [2.24, 2.45) is 0 Å². The van der Waals surface area contributed by atoms with Gasteiger partial charge in [0.1, 0.15) is 5.82 Å². The third-order valence-electron chi connectivity index (χ3n) is 2.71. The number of nitrogens with zero attached hydrogens (tertiary/aromatic N) is 1. The van der Waals surface area contributed by atoms with E-state index in [9.17, 15) is 4.39 Å². The maximum Gasteiger partial charge on any atom is 0.131 e. The molecular formula is C14H16FNOS. The van der Waals surface area contributed by atoms with Gasteiger partial charge in [-0.3, -0.25) is 4.90 Å². The zero-order chi connectivity index (χ0) is 13.0. The van der Waals surface area contributed by atoms with Crippen LogP contribution >= 0.6 is 11.3 Å². The number of thiophene rings is 1. The summed E-state index contributed by atoms with van der Waals surface area (Å²) in [6.45, 7) is 1.58. The number of aliphatic hydroxyl groups is 1. The number of benzene rings is 1. The molecule has 0 saturated carbocycles. The van der Waals surface area contributed by atoms with E-state index in [1.807, 2.05) is 30.1 Å². The van der Waals surface area contributed by atoms with Crippen LogP contribution in [0.1, 0.15) is 4.88 Å². The topological polar surface area (TPSA) is 23.5 Å². The van der Waals surface area contributed by atoms with E-state index >= 15 is 0 Å². The van der Waals surface area contributed by atoms with E-state index in [1.54, 1.807) is 23.5 Å². The molecule has 4 heteroatoms. The molecule has 0 fully saturated rings. The van der Waals surface area contributed by atoms with Crippen molar-refractivity contribution in [1.82, 2.24) is 4.90 Å². The van der Waals surface area contributed by atoms with Gasteiger partial charge in [0.25, 0.3) is 0 Å². The van der Waals surface area contributed by atoms with Crippen molar-refractivity contribution in [3.63, 3.8) is 0 Å². The smallest absolute Gasteiger partial charge is 0.131 e. The van der Waals surface area contributed by atoms with Crippen LogP contribution < -0.4 is 0 Å². The molecule has 0 saturated heterocycles. The Morgan fingerprint density at radius 1 is 1.22 bits per heavy atom. The number of halogens is 1. The highest BCUT2D eigenvalue weighted by Gasteiger charge is 2.08. The molecule has 0 spiro atoms. The standard InChI is InChI=1S/C14H16FNOS/c1-16(8-9-17)10-11-6-7-14(18-11)12-4-2-3-5-13(12)15/h2-7,17H,8-10H2,1H3. The maximum atomic E-state index is 13.6. The Labute approximate surface area is 110 Å². The zero-order valence-corrected chi connectivity index (χ0v) is 11.1. The van der Waals surface area contributed by atoms with Gasteiger partial charge < -0.3 is 5.11 Å². The lowest BCUT2D eigenvalue weighted by Crippen LogP contribution is -2.20. The predicted octanol–water partition coefficient (Wildman–Crippen LogP) is 2.98. The summed E-state index contributed by atoms with van der Waals surface area (Å²) in [5.74, 6) is -0.186. The number of rotatable bonds is 5. The molecule has 2 rings (SSSR count). The quantitative estimate of drug-likeness (QED) is 0.898. The van der Waals surface area contributed by atoms with Crippen molar-refractivity contribution < 1.29 is 9.50 Å². The van der Waals surface area contributed by atoms with Gasteiger partial charge in [0.15, 0.2) is 0 Å². The van der Waals surface area contributed by atoms with Crippen LogP contribution in [-0.2, 0) is 6.54 Å². The Morgan fingerprint density at radius 3 is 2.72 bits per heavy atom. The SMILES string of the molecule is CN(CCO)Cc1ccc(-c2ccccc2F)s1. The minimum Gasteiger partial charge on any atom is -0.395 e. The molecule has 0 atom stereocenters. The highest BCUT2D eigenvalue weighted by Crippen LogP contribution is 2.30. The van der Waals surface area contributed by atoms with Gasteiger partial charge in [0.05, 0.1) is 6.61 Å². The Bertz CT molecular complexity index is 512. The van der Waals surface area contributed by atoms with E-state index in [-0.39, 0.29) is 12.4 Å². The molecule has 1 heterocycles. The van der Waals surface area contributed by atoms with Crippen LogP contribution in [0.25, 0.3) is 10.4 Å². The summed E-state index contributed by atoms with van der Waals surface area (Å²) >= 11 is 1.59. The maximum absolute atomic E-state index is 13.6. The van der Waals surface area contributed by atoms with Crippen LogP contribution in [0.5, 0.6) is 0 Å². The van der Waals surface area contributed by atoms with Gasteiger partial charge in [-0.2, -0.15) is 0 Å². The molecule has 1 aromatic carbocycles. The van der Waals surface area contributed by atoms with Gasteiger partial charge >= 0.3 is 0 Å². The Kier molecular flexibility index (Phi) is 4.47. The Morgan fingerprint density at radius 2 is 2.00 bits per heavy atom. The highest BCUT2D eigenvalue weighted by molar-refractivity contribution is 7.15. The van der Waals surface area contributed by atoms with Crippen LogP contribution in [0.3, 0.4) is 0 Å². The molecule has 0 unspecified atom stereocenters. The van der Waals surface area contributed by atoms with Crippen molar-refractivity contribution in [3.05, 3.63) is 47.1 Å². The van der Waals surface area contributed by atoms with Crippen LogP contribution in [0.4, 0.5) is 4.39 Å². The molecule has 2 aromatic rings. The van der Waals surface area contributed by atoms with Crippen molar-refractivity contribution in [2.75, 3.05) is 20.2 Å². The van der Waals surface area contributed by atoms with E-state index in [2.05, 4.69) is 0 Å². The summed E-state index contributed by atoms with van der Waals surface area (Å²) in [6.07, 6.45) is 0. The number of likely N-dealkylation sites (N-methyl/N-ethyl adjacent to an activating group) is 1. The number of hydrogen-bond donors (Lipinski definition) is 1. The average Bonchev–Trinajstić information content (AvgIpc) is 2.78. The third-order valence-corrected chi connectivity index (χ3v) is 3.81. The summed E-state index contributed by atoms with van der Waals surface area (Å²) in [5.41, 5.74) is 0.651. The Hall–Kier alpha value is -1.23. The van der Waals surface area contributed by atoms with Gasteiger partial charge in [-0.25, -0.2) is 4.39 Å². The molecule has 2 nitrogen and oxygen atoms in total. The molecule has 18 heavy (non-hydrogen) atoms. The van der Waals surface area contributed by atoms with Crippen molar-refractivity contribution in [1.29, 1.82) is 0 Å². The molecule has 0 aliphatic carbocycles. The lowest BCUT2D eigenvalue weighted by atomic mass is 10.2. The lowest BCUT2D eigenvalue weighted by molar-refractivity contribution is 0.218. The number of aliphatic hydroxyl groups excluding tert-OH is 1. The first kappa shape index (κ1) is 13.2. The van der Waals surface area contributed by atoms with Crippen LogP contribution in [-0.4, -0.2) is 30.2 Å². The zero-order valence-electron chi connectivity index (χ0n) is 10.3. The fraction of sp³-hybridized carbons (Fsp3) is 0.286. The van der Waals surface area contributed by atoms with Crippen LogP contribution in [0, 0.1) is 5.82 Å². The lowest BCUT2D eigenvalue weighted by Gasteiger charge is -2.13. The van der Waals surface area contributed by atoms with Crippen molar-refractivity contribution in [2.45, 2.75) is 6.54 Å². The highest BCUT2D eigenvalue weighted by atomic mass is 32.1. The molecule has 0 aliphatic rings. The second-order valence-corrected chi connectivity index (χ2v) is 5.38. The van der Waals surface area contributed by atoms with E-state index in [4.69, 9.17) is 5.11 Å². The van der Waals surface area contributed by atoms with Gasteiger partial charge in [-0.1, -0.05) is 18.2 Å². The Balaban J connectivity index is 2.13. The normalized spacial score (nSPS) is 11.1. The van der Waals surface area contributed by atoms with Gasteiger partial charge in [0.2, 0.25) is 0 Å². The van der Waals surface area contributed by atoms with E-state index in [0.29, 0.717) is 12.1 Å². The molecular weight excluding hydrogens is 249 g/mol. The summed E-state index contributed by atoms with van der Waals surface area (Å²) in [4.78, 5) is 4.15. The predicted molar refractivity (Wildman–Crippen MR) is 73.1 cm³/mol. The number of hydrogen-bond acceptors (Lipinski definition) is 3. The van der Waals surface area contributed by atoms with Gasteiger partial charge in [0, 0.05) is 28.4 Å². The first-order valence-corrected chi connectivity index (χ1v) is 6.65. The molecule has 1 N–H and O–H groups in total. The van der Waals surface area contributed by atoms with E-state index in [1.165, 1.54) is 10.9 Å². The fourth-order valence-corrected chi connectivity index (χ4v) is 2.90. The summed E-state index contributed by atoms with van der Waals surface area (Å²) in [5, 5.41) is 8.85. The minimum absolute atomic E-state index is 0.155. The van der Waals surface area contributed by atoms with Crippen molar-refractivity contribution in [3.8, 4) is 10.4 Å². The second-order valence-electron chi connectivity index (χ2n) is 4.21. The monoisotopic (exact) mass is 265 g/mol. The largest absolute Gasteiger partial charge is 0.395 e. The molecule has 96 valence electrons. The third kappa shape index (κ3) is 3.16. The van der Waals surface area contributed by atoms with E-state index < -0.39 is 0 Å². The minimum atomic E-state index is -0.186. The molecule has 0 amide bonds. The van der Waals surface area contributed by atoms with Gasteiger partial charge in [-0.05, 0) is 25.2 Å². The summed E-state index contributed by atoms with van der Waals surface area (Å²) < 4.78 is 13.6. The molecule has 0 bridgehead atoms. The average molecular weight is 265 g/mol. The first-order chi connectivity index (χ1) is 8.70. The van der Waals surface area contributed by atoms with Crippen LogP contribution in [0.2, 0.25) is 0 Å². The fourth-order valence-electron chi connectivity index (χ4n) is 1.78. The van der Waals surface area contributed by atoms with Crippen molar-refractivity contribution >= 4 is 11.3 Å².